The molecular formula is C13H15ClN2O4. The van der Waals surface area contributed by atoms with E-state index in [-0.39, 0.29) is 19.5 Å². The monoisotopic (exact) mass is 298 g/mol. The lowest BCUT2D eigenvalue weighted by Crippen LogP contribution is -2.45. The Labute approximate surface area is 121 Å². The highest BCUT2D eigenvalue weighted by Crippen LogP contribution is 2.19. The van der Waals surface area contributed by atoms with Gasteiger partial charge in [0, 0.05) is 24.5 Å². The van der Waals surface area contributed by atoms with Crippen LogP contribution in [0.2, 0.25) is 5.02 Å². The molecule has 2 rings (SSSR count). The van der Waals surface area contributed by atoms with Crippen molar-refractivity contribution >= 4 is 23.6 Å². The van der Waals surface area contributed by atoms with Gasteiger partial charge in [0.2, 0.25) is 0 Å². The molecule has 3 N–H and O–H groups in total. The van der Waals surface area contributed by atoms with Crippen molar-refractivity contribution in [1.29, 1.82) is 0 Å². The number of hydrogen-bond acceptors (Lipinski definition) is 3. The first-order chi connectivity index (χ1) is 9.49. The number of β-amino-alcohol motifs (C(OH)–C–C–N with tert-alkyl or cyclic N) is 1. The van der Waals surface area contributed by atoms with Crippen LogP contribution >= 0.6 is 11.6 Å². The average molecular weight is 299 g/mol. The van der Waals surface area contributed by atoms with E-state index in [1.807, 2.05) is 0 Å². The molecule has 1 aliphatic rings. The van der Waals surface area contributed by atoms with Crippen LogP contribution in [0.3, 0.4) is 0 Å². The van der Waals surface area contributed by atoms with E-state index < -0.39 is 24.1 Å². The molecule has 7 heteroatoms. The van der Waals surface area contributed by atoms with Crippen LogP contribution in [0.1, 0.15) is 12.0 Å². The Morgan fingerprint density at radius 2 is 2.10 bits per heavy atom. The maximum atomic E-state index is 12.0. The third-order valence-electron chi connectivity index (χ3n) is 3.21. The fraction of sp³-hybridized carbons (Fsp3) is 0.385. The van der Waals surface area contributed by atoms with Crippen molar-refractivity contribution in [2.75, 3.05) is 6.54 Å². The van der Waals surface area contributed by atoms with Crippen molar-refractivity contribution in [2.45, 2.75) is 25.1 Å². The second-order valence-electron chi connectivity index (χ2n) is 4.65. The van der Waals surface area contributed by atoms with Crippen LogP contribution in [-0.2, 0) is 11.3 Å². The van der Waals surface area contributed by atoms with E-state index in [1.54, 1.807) is 24.3 Å². The number of amides is 2. The number of carbonyl (C=O) groups excluding carboxylic acids is 1. The molecular weight excluding hydrogens is 284 g/mol. The van der Waals surface area contributed by atoms with Gasteiger partial charge in [-0.2, -0.15) is 0 Å². The third kappa shape index (κ3) is 3.20. The van der Waals surface area contributed by atoms with Gasteiger partial charge in [-0.05, 0) is 11.6 Å². The molecule has 0 spiro atoms. The van der Waals surface area contributed by atoms with E-state index in [4.69, 9.17) is 16.7 Å². The highest BCUT2D eigenvalue weighted by Gasteiger charge is 2.38. The van der Waals surface area contributed by atoms with E-state index in [9.17, 15) is 14.7 Å². The summed E-state index contributed by atoms with van der Waals surface area (Å²) in [6, 6.07) is 5.56. The predicted molar refractivity (Wildman–Crippen MR) is 72.4 cm³/mol. The Morgan fingerprint density at radius 1 is 1.40 bits per heavy atom. The zero-order chi connectivity index (χ0) is 14.7. The summed E-state index contributed by atoms with van der Waals surface area (Å²) < 4.78 is 0. The van der Waals surface area contributed by atoms with Crippen molar-refractivity contribution in [1.82, 2.24) is 10.2 Å². The summed E-state index contributed by atoms with van der Waals surface area (Å²) in [5, 5.41) is 21.7. The van der Waals surface area contributed by atoms with Crippen LogP contribution in [0.25, 0.3) is 0 Å². The molecule has 1 saturated heterocycles. The number of benzene rings is 1. The van der Waals surface area contributed by atoms with E-state index in [1.165, 1.54) is 0 Å². The van der Waals surface area contributed by atoms with Crippen LogP contribution in [0.4, 0.5) is 4.79 Å². The fourth-order valence-corrected chi connectivity index (χ4v) is 2.39. The summed E-state index contributed by atoms with van der Waals surface area (Å²) in [7, 11) is 0. The lowest BCUT2D eigenvalue weighted by Gasteiger charge is -2.21. The molecule has 2 amide bonds. The van der Waals surface area contributed by atoms with Gasteiger partial charge < -0.3 is 20.4 Å². The second kappa shape index (κ2) is 6.11. The van der Waals surface area contributed by atoms with Gasteiger partial charge in [0.1, 0.15) is 6.04 Å². The highest BCUT2D eigenvalue weighted by atomic mass is 35.5. The zero-order valence-corrected chi connectivity index (χ0v) is 11.4. The van der Waals surface area contributed by atoms with E-state index in [0.29, 0.717) is 5.02 Å². The van der Waals surface area contributed by atoms with Gasteiger partial charge in [-0.25, -0.2) is 9.59 Å². The molecule has 0 radical (unpaired) electrons. The maximum absolute atomic E-state index is 12.0. The molecule has 0 aliphatic carbocycles. The molecule has 2 atom stereocenters. The predicted octanol–water partition coefficient (Wildman–Crippen LogP) is 1.07. The summed E-state index contributed by atoms with van der Waals surface area (Å²) in [6.45, 7) is 0.225. The van der Waals surface area contributed by atoms with Gasteiger partial charge in [0.15, 0.2) is 0 Å². The number of likely N-dealkylation sites (tertiary alicyclic amines) is 1. The van der Waals surface area contributed by atoms with Crippen LogP contribution < -0.4 is 5.32 Å². The lowest BCUT2D eigenvalue weighted by molar-refractivity contribution is -0.141. The van der Waals surface area contributed by atoms with Crippen molar-refractivity contribution < 1.29 is 19.8 Å². The number of carboxylic acid groups (broad SMARTS) is 1. The first kappa shape index (κ1) is 14.6. The summed E-state index contributed by atoms with van der Waals surface area (Å²) in [5.41, 5.74) is 0.745. The quantitative estimate of drug-likeness (QED) is 0.778. The number of carboxylic acids is 1. The van der Waals surface area contributed by atoms with E-state index >= 15 is 0 Å². The summed E-state index contributed by atoms with van der Waals surface area (Å²) in [5.74, 6) is -1.12. The molecule has 1 aromatic rings. The van der Waals surface area contributed by atoms with Gasteiger partial charge in [-0.3, -0.25) is 0 Å². The van der Waals surface area contributed by atoms with Gasteiger partial charge >= 0.3 is 12.0 Å². The molecule has 1 unspecified atom stereocenters. The van der Waals surface area contributed by atoms with Crippen molar-refractivity contribution in [3.63, 3.8) is 0 Å². The van der Waals surface area contributed by atoms with Gasteiger partial charge in [0.25, 0.3) is 0 Å². The smallest absolute Gasteiger partial charge is 0.326 e. The average Bonchev–Trinajstić information content (AvgIpc) is 2.80. The van der Waals surface area contributed by atoms with E-state index in [2.05, 4.69) is 5.32 Å². The molecule has 1 aromatic carbocycles. The molecule has 1 fully saturated rings. The Morgan fingerprint density at radius 3 is 2.75 bits per heavy atom. The number of nitrogens with one attached hydrogen (secondary N) is 1. The molecule has 6 nitrogen and oxygen atoms in total. The van der Waals surface area contributed by atoms with Gasteiger partial charge in [-0.1, -0.05) is 29.8 Å². The van der Waals surface area contributed by atoms with Gasteiger partial charge in [-0.15, -0.1) is 0 Å². The molecule has 0 saturated carbocycles. The number of aliphatic carboxylic acids is 1. The SMILES string of the molecule is O=C(O)[C@@H]1CC(O)CN1C(=O)NCc1ccccc1Cl. The van der Waals surface area contributed by atoms with Gasteiger partial charge in [0.05, 0.1) is 6.10 Å². The number of aliphatic hydroxyl groups excluding tert-OH is 1. The lowest BCUT2D eigenvalue weighted by atomic mass is 10.2. The third-order valence-corrected chi connectivity index (χ3v) is 3.58. The molecule has 1 aliphatic heterocycles. The molecule has 108 valence electrons. The number of hydrogen-bond donors (Lipinski definition) is 3. The minimum Gasteiger partial charge on any atom is -0.480 e. The molecule has 1 heterocycles. The Balaban J connectivity index is 1.98. The summed E-state index contributed by atoms with van der Waals surface area (Å²) >= 11 is 5.97. The highest BCUT2D eigenvalue weighted by molar-refractivity contribution is 6.31. The minimum atomic E-state index is -1.12. The number of rotatable bonds is 3. The Kier molecular flexibility index (Phi) is 4.46. The second-order valence-corrected chi connectivity index (χ2v) is 5.05. The standard InChI is InChI=1S/C13H15ClN2O4/c14-10-4-2-1-3-8(10)6-15-13(20)16-7-9(17)5-11(16)12(18)19/h1-4,9,11,17H,5-7H2,(H,15,20)(H,18,19)/t9?,11-/m0/s1. The first-order valence-electron chi connectivity index (χ1n) is 6.17. The van der Waals surface area contributed by atoms with Crippen molar-refractivity contribution in [3.05, 3.63) is 34.9 Å². The fourth-order valence-electron chi connectivity index (χ4n) is 2.19. The van der Waals surface area contributed by atoms with Crippen LogP contribution in [0.15, 0.2) is 24.3 Å². The summed E-state index contributed by atoms with van der Waals surface area (Å²) in [4.78, 5) is 24.2. The zero-order valence-electron chi connectivity index (χ0n) is 10.6. The molecule has 0 bridgehead atoms. The van der Waals surface area contributed by atoms with Crippen molar-refractivity contribution in [2.24, 2.45) is 0 Å². The molecule has 20 heavy (non-hydrogen) atoms. The van der Waals surface area contributed by atoms with Crippen LogP contribution in [0.5, 0.6) is 0 Å². The Bertz CT molecular complexity index is 523. The minimum absolute atomic E-state index is 0.0192. The van der Waals surface area contributed by atoms with Crippen molar-refractivity contribution in [3.8, 4) is 0 Å². The summed E-state index contributed by atoms with van der Waals surface area (Å²) in [6.07, 6.45) is -0.753. The number of urea groups is 1. The largest absolute Gasteiger partial charge is 0.480 e. The number of nitrogens with zero attached hydrogens (tertiary/aromatic N) is 1. The number of carbonyl (C=O) groups is 2. The van der Waals surface area contributed by atoms with Crippen LogP contribution in [-0.4, -0.2) is 45.8 Å². The maximum Gasteiger partial charge on any atom is 0.326 e. The normalized spacial score (nSPS) is 21.8. The first-order valence-corrected chi connectivity index (χ1v) is 6.55. The number of aliphatic hydroxyl groups is 1. The Hall–Kier alpha value is -1.79. The topological polar surface area (TPSA) is 89.9 Å². The number of halogens is 1. The molecule has 0 aromatic heterocycles. The van der Waals surface area contributed by atoms with Crippen LogP contribution in [0, 0.1) is 0 Å². The van der Waals surface area contributed by atoms with E-state index in [0.717, 1.165) is 10.5 Å².